The summed E-state index contributed by atoms with van der Waals surface area (Å²) in [6.07, 6.45) is 2.66. The third kappa shape index (κ3) is 3.81. The predicted octanol–water partition coefficient (Wildman–Crippen LogP) is 5.06. The van der Waals surface area contributed by atoms with Gasteiger partial charge in [0.1, 0.15) is 24.1 Å². The molecule has 0 aromatic rings. The molecule has 6 heteroatoms. The topological polar surface area (TPSA) is 48.1 Å². The van der Waals surface area contributed by atoms with Gasteiger partial charge in [0.25, 0.3) is 0 Å². The summed E-state index contributed by atoms with van der Waals surface area (Å²) in [5, 5.41) is 0. The lowest BCUT2D eigenvalue weighted by molar-refractivity contribution is -0.106. The van der Waals surface area contributed by atoms with Crippen molar-refractivity contribution in [2.75, 3.05) is 0 Å². The molecule has 4 nitrogen and oxygen atoms in total. The van der Waals surface area contributed by atoms with Crippen molar-refractivity contribution in [2.24, 2.45) is 0 Å². The van der Waals surface area contributed by atoms with E-state index in [1.165, 1.54) is 0 Å². The number of carbonyl (C=O) groups excluding carboxylic acids is 1. The van der Waals surface area contributed by atoms with Crippen molar-refractivity contribution in [1.29, 1.82) is 0 Å². The first-order valence-electron chi connectivity index (χ1n) is 10.5. The van der Waals surface area contributed by atoms with Crippen molar-refractivity contribution in [3.8, 4) is 0 Å². The molecule has 1 aliphatic carbocycles. The Hall–Kier alpha value is -0.276. The molecule has 26 heavy (non-hydrogen) atoms. The third-order valence-electron chi connectivity index (χ3n) is 7.12. The maximum absolute atomic E-state index is 11.9. The third-order valence-corrected chi connectivity index (χ3v) is 16.4. The highest BCUT2D eigenvalue weighted by atomic mass is 28.4. The van der Waals surface area contributed by atoms with Gasteiger partial charge in [-0.05, 0) is 49.3 Å². The van der Waals surface area contributed by atoms with Crippen LogP contribution in [0.5, 0.6) is 0 Å². The van der Waals surface area contributed by atoms with Crippen LogP contribution < -0.4 is 0 Å². The van der Waals surface area contributed by atoms with Gasteiger partial charge < -0.3 is 13.6 Å². The lowest BCUT2D eigenvalue weighted by Gasteiger charge is -2.39. The molecular weight excluding hydrogens is 360 g/mol. The average molecular weight is 399 g/mol. The first-order valence-corrected chi connectivity index (χ1v) is 15.6. The molecule has 4 atom stereocenters. The number of ether oxygens (including phenoxy) is 1. The average Bonchev–Trinajstić information content (AvgIpc) is 3.38. The van der Waals surface area contributed by atoms with Gasteiger partial charge in [0.15, 0.2) is 16.6 Å². The van der Waals surface area contributed by atoms with E-state index in [0.717, 1.165) is 48.1 Å². The minimum Gasteiger partial charge on any atom is -0.408 e. The fourth-order valence-electron chi connectivity index (χ4n) is 4.46. The van der Waals surface area contributed by atoms with Crippen molar-refractivity contribution in [3.05, 3.63) is 11.6 Å². The second-order valence-corrected chi connectivity index (χ2v) is 17.5. The van der Waals surface area contributed by atoms with Crippen LogP contribution in [-0.4, -0.2) is 46.8 Å². The van der Waals surface area contributed by atoms with Crippen LogP contribution >= 0.6 is 0 Å². The molecule has 0 saturated carbocycles. The standard InChI is InChI=1S/C20H38O4Si2/c1-8-25(9-2,10-3)23-17-14-16(15-21)18(20(7)19(17)22-20)24-26(11-4,12-5)13-6/h14-15,17-19H,8-13H2,1-7H3/t17-,18-,19+,20-/m1/s1. The number of hydrogen-bond donors (Lipinski definition) is 0. The number of carbonyl (C=O) groups is 1. The Bertz CT molecular complexity index is 511. The Morgan fingerprint density at radius 2 is 1.42 bits per heavy atom. The first-order chi connectivity index (χ1) is 12.3. The zero-order chi connectivity index (χ0) is 19.6. The van der Waals surface area contributed by atoms with Crippen molar-refractivity contribution in [2.45, 2.75) is 109 Å². The Kier molecular flexibility index (Phi) is 7.11. The summed E-state index contributed by atoms with van der Waals surface area (Å²) in [5.41, 5.74) is 0.313. The van der Waals surface area contributed by atoms with E-state index in [0.29, 0.717) is 0 Å². The maximum atomic E-state index is 11.9. The molecule has 0 amide bonds. The molecule has 0 unspecified atom stereocenters. The highest BCUT2D eigenvalue weighted by Crippen LogP contribution is 2.51. The van der Waals surface area contributed by atoms with Crippen molar-refractivity contribution in [3.63, 3.8) is 0 Å². The number of fused-ring (bicyclic) bond motifs is 1. The first kappa shape index (κ1) is 22.0. The molecular formula is C20H38O4Si2. The summed E-state index contributed by atoms with van der Waals surface area (Å²) in [6.45, 7) is 15.4. The second kappa shape index (κ2) is 8.39. The summed E-state index contributed by atoms with van der Waals surface area (Å²) in [6, 6.07) is 6.51. The predicted molar refractivity (Wildman–Crippen MR) is 112 cm³/mol. The second-order valence-electron chi connectivity index (χ2n) is 8.07. The number of rotatable bonds is 11. The van der Waals surface area contributed by atoms with Crippen LogP contribution in [0.25, 0.3) is 0 Å². The molecule has 0 aromatic heterocycles. The molecule has 1 heterocycles. The van der Waals surface area contributed by atoms with E-state index in [2.05, 4.69) is 48.5 Å². The maximum Gasteiger partial charge on any atom is 0.193 e. The largest absolute Gasteiger partial charge is 0.408 e. The summed E-state index contributed by atoms with van der Waals surface area (Å²) >= 11 is 0. The summed E-state index contributed by atoms with van der Waals surface area (Å²) in [7, 11) is -3.58. The quantitative estimate of drug-likeness (QED) is 0.277. The van der Waals surface area contributed by atoms with Crippen LogP contribution in [0.2, 0.25) is 36.3 Å². The van der Waals surface area contributed by atoms with Crippen LogP contribution in [-0.2, 0) is 18.4 Å². The Labute approximate surface area is 161 Å². The van der Waals surface area contributed by atoms with Crippen LogP contribution in [0.15, 0.2) is 11.6 Å². The number of aldehydes is 1. The fourth-order valence-corrected chi connectivity index (χ4v) is 10.1. The van der Waals surface area contributed by atoms with E-state index in [4.69, 9.17) is 13.6 Å². The lowest BCUT2D eigenvalue weighted by Crippen LogP contribution is -2.51. The molecule has 1 fully saturated rings. The SMILES string of the molecule is CC[Si](CC)(CC)O[C@@H]1C(C=O)=C[C@@H](O[Si](CC)(CC)CC)[C@@H]2O[C@]12C. The fraction of sp³-hybridized carbons (Fsp3) is 0.850. The molecule has 2 rings (SSSR count). The monoisotopic (exact) mass is 398 g/mol. The molecule has 1 saturated heterocycles. The van der Waals surface area contributed by atoms with Gasteiger partial charge in [0.2, 0.25) is 0 Å². The molecule has 0 aromatic carbocycles. The van der Waals surface area contributed by atoms with E-state index in [1.54, 1.807) is 0 Å². The molecule has 0 bridgehead atoms. The van der Waals surface area contributed by atoms with Gasteiger partial charge in [0.05, 0.1) is 6.10 Å². The van der Waals surface area contributed by atoms with Crippen molar-refractivity contribution < 1.29 is 18.4 Å². The lowest BCUT2D eigenvalue weighted by atomic mass is 9.86. The Morgan fingerprint density at radius 1 is 0.962 bits per heavy atom. The Balaban J connectivity index is 2.29. The summed E-state index contributed by atoms with van der Waals surface area (Å²) in [5.74, 6) is 0. The van der Waals surface area contributed by atoms with Crippen LogP contribution in [0.3, 0.4) is 0 Å². The van der Waals surface area contributed by atoms with Gasteiger partial charge in [-0.2, -0.15) is 0 Å². The van der Waals surface area contributed by atoms with E-state index >= 15 is 0 Å². The van der Waals surface area contributed by atoms with Gasteiger partial charge in [-0.25, -0.2) is 0 Å². The molecule has 0 N–H and O–H groups in total. The van der Waals surface area contributed by atoms with E-state index < -0.39 is 22.2 Å². The zero-order valence-electron chi connectivity index (χ0n) is 17.8. The van der Waals surface area contributed by atoms with Crippen LogP contribution in [0.4, 0.5) is 0 Å². The zero-order valence-corrected chi connectivity index (χ0v) is 19.8. The van der Waals surface area contributed by atoms with Gasteiger partial charge in [-0.1, -0.05) is 41.5 Å². The van der Waals surface area contributed by atoms with Gasteiger partial charge >= 0.3 is 0 Å². The molecule has 0 radical (unpaired) electrons. The molecule has 2 aliphatic rings. The minimum absolute atomic E-state index is 0.0185. The Morgan fingerprint density at radius 3 is 1.85 bits per heavy atom. The van der Waals surface area contributed by atoms with E-state index in [-0.39, 0.29) is 18.3 Å². The molecule has 0 spiro atoms. The van der Waals surface area contributed by atoms with Crippen LogP contribution in [0.1, 0.15) is 48.5 Å². The highest BCUT2D eigenvalue weighted by molar-refractivity contribution is 6.74. The molecule has 1 aliphatic heterocycles. The van der Waals surface area contributed by atoms with Gasteiger partial charge in [-0.3, -0.25) is 4.79 Å². The van der Waals surface area contributed by atoms with Crippen LogP contribution in [0, 0.1) is 0 Å². The highest BCUT2D eigenvalue weighted by Gasteiger charge is 2.66. The normalized spacial score (nSPS) is 31.3. The summed E-state index contributed by atoms with van der Waals surface area (Å²) in [4.78, 5) is 11.9. The van der Waals surface area contributed by atoms with E-state index in [1.807, 2.05) is 6.08 Å². The molecule has 150 valence electrons. The van der Waals surface area contributed by atoms with Crippen molar-refractivity contribution >= 4 is 22.9 Å². The van der Waals surface area contributed by atoms with Gasteiger partial charge in [-0.15, -0.1) is 0 Å². The number of hydrogen-bond acceptors (Lipinski definition) is 4. The van der Waals surface area contributed by atoms with Crippen molar-refractivity contribution in [1.82, 2.24) is 0 Å². The smallest absolute Gasteiger partial charge is 0.193 e. The van der Waals surface area contributed by atoms with E-state index in [9.17, 15) is 4.79 Å². The summed E-state index contributed by atoms with van der Waals surface area (Å²) < 4.78 is 19.5. The number of epoxide rings is 1. The minimum atomic E-state index is -1.83. The van der Waals surface area contributed by atoms with Gasteiger partial charge in [0, 0.05) is 5.57 Å².